The average Bonchev–Trinajstić information content (AvgIpc) is 2.37. The fraction of sp³-hybridized carbons (Fsp3) is 0.0833. The minimum Gasteiger partial charge on any atom is -0.399 e. The van der Waals surface area contributed by atoms with E-state index in [1.165, 1.54) is 0 Å². The molecule has 0 aliphatic rings. The Hall–Kier alpha value is -2.14. The van der Waals surface area contributed by atoms with Gasteiger partial charge in [-0.3, -0.25) is 4.79 Å². The molecule has 5 nitrogen and oxygen atoms in total. The maximum absolute atomic E-state index is 11.9. The van der Waals surface area contributed by atoms with E-state index in [0.29, 0.717) is 28.5 Å². The summed E-state index contributed by atoms with van der Waals surface area (Å²) < 4.78 is 0. The highest BCUT2D eigenvalue weighted by atomic mass is 35.5. The zero-order chi connectivity index (χ0) is 13.0. The summed E-state index contributed by atoms with van der Waals surface area (Å²) in [6, 6.07) is 8.29. The summed E-state index contributed by atoms with van der Waals surface area (Å²) in [5, 5.41) is 10.6. The lowest BCUT2D eigenvalue weighted by Crippen LogP contribution is -2.23. The van der Waals surface area contributed by atoms with Gasteiger partial charge in [-0.15, -0.1) is 0 Å². The summed E-state index contributed by atoms with van der Waals surface area (Å²) in [6.07, 6.45) is 1.57. The van der Waals surface area contributed by atoms with Crippen molar-refractivity contribution in [3.05, 3.63) is 52.8 Å². The zero-order valence-electron chi connectivity index (χ0n) is 9.43. The molecule has 0 aliphatic heterocycles. The Labute approximate surface area is 109 Å². The Morgan fingerprint density at radius 2 is 2.22 bits per heavy atom. The third-order valence-corrected chi connectivity index (χ3v) is 2.61. The molecule has 0 bridgehead atoms. The van der Waals surface area contributed by atoms with E-state index in [9.17, 15) is 4.79 Å². The van der Waals surface area contributed by atoms with Crippen molar-refractivity contribution in [2.45, 2.75) is 6.54 Å². The largest absolute Gasteiger partial charge is 0.399 e. The predicted molar refractivity (Wildman–Crippen MR) is 69.1 cm³/mol. The predicted octanol–water partition coefficient (Wildman–Crippen LogP) is 1.64. The number of nitrogens with zero attached hydrogens (tertiary/aromatic N) is 2. The summed E-state index contributed by atoms with van der Waals surface area (Å²) >= 11 is 5.94. The molecule has 1 aromatic carbocycles. The normalized spacial score (nSPS) is 10.1. The first-order valence-electron chi connectivity index (χ1n) is 5.26. The van der Waals surface area contributed by atoms with Crippen LogP contribution in [0.15, 0.2) is 36.5 Å². The van der Waals surface area contributed by atoms with Crippen LogP contribution < -0.4 is 11.1 Å². The molecule has 0 unspecified atom stereocenters. The number of amides is 1. The summed E-state index contributed by atoms with van der Waals surface area (Å²) in [4.78, 5) is 11.9. The second kappa shape index (κ2) is 5.46. The Morgan fingerprint density at radius 3 is 2.89 bits per heavy atom. The van der Waals surface area contributed by atoms with Crippen LogP contribution in [-0.4, -0.2) is 16.1 Å². The summed E-state index contributed by atoms with van der Waals surface area (Å²) in [6.45, 7) is 0.299. The second-order valence-electron chi connectivity index (χ2n) is 3.64. The SMILES string of the molecule is Nc1ccc(C(=O)NCc2cccnn2)c(Cl)c1. The number of hydrogen-bond acceptors (Lipinski definition) is 4. The van der Waals surface area contributed by atoms with Gasteiger partial charge in [0.15, 0.2) is 0 Å². The van der Waals surface area contributed by atoms with E-state index in [1.807, 2.05) is 0 Å². The highest BCUT2D eigenvalue weighted by Crippen LogP contribution is 2.18. The molecule has 0 aliphatic carbocycles. The minimum atomic E-state index is -0.273. The van der Waals surface area contributed by atoms with E-state index >= 15 is 0 Å². The zero-order valence-corrected chi connectivity index (χ0v) is 10.2. The molecule has 0 saturated carbocycles. The van der Waals surface area contributed by atoms with E-state index in [4.69, 9.17) is 17.3 Å². The van der Waals surface area contributed by atoms with Crippen LogP contribution in [0.4, 0.5) is 5.69 Å². The Balaban J connectivity index is 2.04. The van der Waals surface area contributed by atoms with Gasteiger partial charge in [0.05, 0.1) is 22.8 Å². The van der Waals surface area contributed by atoms with Gasteiger partial charge in [0.25, 0.3) is 5.91 Å². The molecule has 3 N–H and O–H groups in total. The van der Waals surface area contributed by atoms with Crippen molar-refractivity contribution >= 4 is 23.2 Å². The molecule has 18 heavy (non-hydrogen) atoms. The lowest BCUT2D eigenvalue weighted by atomic mass is 10.2. The maximum Gasteiger partial charge on any atom is 0.253 e. The smallest absolute Gasteiger partial charge is 0.253 e. The second-order valence-corrected chi connectivity index (χ2v) is 4.04. The van der Waals surface area contributed by atoms with Gasteiger partial charge in [0, 0.05) is 11.9 Å². The number of nitrogens with two attached hydrogens (primary N) is 1. The number of benzene rings is 1. The van der Waals surface area contributed by atoms with Crippen LogP contribution in [0.5, 0.6) is 0 Å². The van der Waals surface area contributed by atoms with Crippen LogP contribution in [0, 0.1) is 0 Å². The number of hydrogen-bond donors (Lipinski definition) is 2. The lowest BCUT2D eigenvalue weighted by Gasteiger charge is -2.06. The molecular weight excluding hydrogens is 252 g/mol. The standard InChI is InChI=1S/C12H11ClN4O/c13-11-6-8(14)3-4-10(11)12(18)15-7-9-2-1-5-16-17-9/h1-6H,7,14H2,(H,15,18). The van der Waals surface area contributed by atoms with E-state index in [-0.39, 0.29) is 5.91 Å². The minimum absolute atomic E-state index is 0.273. The Kier molecular flexibility index (Phi) is 3.74. The lowest BCUT2D eigenvalue weighted by molar-refractivity contribution is 0.0950. The number of rotatable bonds is 3. The molecule has 0 spiro atoms. The van der Waals surface area contributed by atoms with Crippen LogP contribution in [0.3, 0.4) is 0 Å². The number of nitrogens with one attached hydrogen (secondary N) is 1. The molecule has 0 atom stereocenters. The van der Waals surface area contributed by atoms with Gasteiger partial charge in [-0.2, -0.15) is 10.2 Å². The van der Waals surface area contributed by atoms with Gasteiger partial charge in [0.2, 0.25) is 0 Å². The van der Waals surface area contributed by atoms with Crippen LogP contribution in [-0.2, 0) is 6.54 Å². The number of carbonyl (C=O) groups is 1. The summed E-state index contributed by atoms with van der Waals surface area (Å²) in [7, 11) is 0. The molecule has 2 aromatic rings. The third kappa shape index (κ3) is 2.95. The highest BCUT2D eigenvalue weighted by molar-refractivity contribution is 6.34. The van der Waals surface area contributed by atoms with Gasteiger partial charge in [-0.1, -0.05) is 11.6 Å². The number of halogens is 1. The fourth-order valence-electron chi connectivity index (χ4n) is 1.41. The van der Waals surface area contributed by atoms with Gasteiger partial charge in [-0.05, 0) is 30.3 Å². The molecule has 0 radical (unpaired) electrons. The first kappa shape index (κ1) is 12.3. The fourth-order valence-corrected chi connectivity index (χ4v) is 1.68. The van der Waals surface area contributed by atoms with Crippen molar-refractivity contribution in [3.8, 4) is 0 Å². The van der Waals surface area contributed by atoms with E-state index in [2.05, 4.69) is 15.5 Å². The van der Waals surface area contributed by atoms with Crippen molar-refractivity contribution in [1.29, 1.82) is 0 Å². The van der Waals surface area contributed by atoms with Gasteiger partial charge in [0.1, 0.15) is 0 Å². The van der Waals surface area contributed by atoms with Crippen molar-refractivity contribution in [2.24, 2.45) is 0 Å². The molecule has 1 heterocycles. The molecule has 2 rings (SSSR count). The molecule has 6 heteroatoms. The van der Waals surface area contributed by atoms with Gasteiger partial charge in [-0.25, -0.2) is 0 Å². The number of carbonyl (C=O) groups excluding carboxylic acids is 1. The van der Waals surface area contributed by atoms with Crippen LogP contribution in [0.2, 0.25) is 5.02 Å². The van der Waals surface area contributed by atoms with E-state index in [1.54, 1.807) is 36.5 Å². The monoisotopic (exact) mass is 262 g/mol. The first-order valence-corrected chi connectivity index (χ1v) is 5.64. The van der Waals surface area contributed by atoms with Gasteiger partial charge < -0.3 is 11.1 Å². The van der Waals surface area contributed by atoms with Crippen molar-refractivity contribution in [2.75, 3.05) is 5.73 Å². The molecule has 1 amide bonds. The topological polar surface area (TPSA) is 80.9 Å². The molecule has 1 aromatic heterocycles. The Bertz CT molecular complexity index is 559. The molecule has 0 saturated heterocycles. The number of aromatic nitrogens is 2. The molecule has 0 fully saturated rings. The third-order valence-electron chi connectivity index (χ3n) is 2.30. The maximum atomic E-state index is 11.9. The van der Waals surface area contributed by atoms with Gasteiger partial charge >= 0.3 is 0 Å². The van der Waals surface area contributed by atoms with Crippen molar-refractivity contribution in [1.82, 2.24) is 15.5 Å². The van der Waals surface area contributed by atoms with Crippen molar-refractivity contribution < 1.29 is 4.79 Å². The molecule has 92 valence electrons. The van der Waals surface area contributed by atoms with Crippen LogP contribution in [0.1, 0.15) is 16.1 Å². The van der Waals surface area contributed by atoms with E-state index in [0.717, 1.165) is 0 Å². The van der Waals surface area contributed by atoms with Crippen LogP contribution >= 0.6 is 11.6 Å². The quantitative estimate of drug-likeness (QED) is 0.824. The summed E-state index contributed by atoms with van der Waals surface area (Å²) in [5.41, 5.74) is 7.14. The molecular formula is C12H11ClN4O. The Morgan fingerprint density at radius 1 is 1.39 bits per heavy atom. The number of anilines is 1. The van der Waals surface area contributed by atoms with Crippen LogP contribution in [0.25, 0.3) is 0 Å². The van der Waals surface area contributed by atoms with E-state index < -0.39 is 0 Å². The van der Waals surface area contributed by atoms with Crippen molar-refractivity contribution in [3.63, 3.8) is 0 Å². The average molecular weight is 263 g/mol. The highest BCUT2D eigenvalue weighted by Gasteiger charge is 2.10. The number of nitrogen functional groups attached to an aromatic ring is 1. The summed E-state index contributed by atoms with van der Waals surface area (Å²) in [5.74, 6) is -0.273. The first-order chi connectivity index (χ1) is 8.66.